The number of rotatable bonds is 5. The number of nitrogens with zero attached hydrogens (tertiary/aromatic N) is 1. The Hall–Kier alpha value is -0.900. The maximum Gasteiger partial charge on any atom is 0.303 e. The lowest BCUT2D eigenvalue weighted by Crippen LogP contribution is -2.29. The molecule has 0 saturated carbocycles. The second-order valence-corrected chi connectivity index (χ2v) is 2.53. The summed E-state index contributed by atoms with van der Waals surface area (Å²) in [6, 6.07) is -0.397. The second-order valence-electron chi connectivity index (χ2n) is 2.53. The van der Waals surface area contributed by atoms with Crippen LogP contribution in [0.25, 0.3) is 0 Å². The van der Waals surface area contributed by atoms with Crippen molar-refractivity contribution in [3.63, 3.8) is 0 Å². The third-order valence-corrected chi connectivity index (χ3v) is 1.39. The van der Waals surface area contributed by atoms with E-state index >= 15 is 0 Å². The van der Waals surface area contributed by atoms with E-state index in [1.54, 1.807) is 25.3 Å². The van der Waals surface area contributed by atoms with Crippen LogP contribution in [0.3, 0.4) is 0 Å². The van der Waals surface area contributed by atoms with Crippen LogP contribution in [-0.2, 0) is 9.59 Å². The number of carboxylic acid groups (broad SMARTS) is 1. The summed E-state index contributed by atoms with van der Waals surface area (Å²) in [5.41, 5.74) is 0. The fourth-order valence-electron chi connectivity index (χ4n) is 0.683. The molecule has 0 aliphatic heterocycles. The summed E-state index contributed by atoms with van der Waals surface area (Å²) in [7, 11) is 3.44. The van der Waals surface area contributed by atoms with Crippen LogP contribution in [0.15, 0.2) is 0 Å². The quantitative estimate of drug-likeness (QED) is 0.606. The Balaban J connectivity index is 3.69. The molecule has 0 aromatic heterocycles. The van der Waals surface area contributed by atoms with Crippen LogP contribution < -0.4 is 0 Å². The van der Waals surface area contributed by atoms with Crippen LogP contribution in [0.5, 0.6) is 0 Å². The standard InChI is InChI=1S/C7H12NO3/c1-8(2)6(5-9)3-4-7(10)11/h6H,3-4H2,1-2H3,(H,10,11)/t6-/m0/s1. The zero-order chi connectivity index (χ0) is 8.85. The molecule has 63 valence electrons. The number of likely N-dealkylation sites (N-methyl/N-ethyl adjacent to an activating group) is 1. The van der Waals surface area contributed by atoms with Crippen molar-refractivity contribution in [2.24, 2.45) is 0 Å². The van der Waals surface area contributed by atoms with Gasteiger partial charge in [0.25, 0.3) is 0 Å². The molecule has 0 heterocycles. The van der Waals surface area contributed by atoms with Gasteiger partial charge in [0.05, 0.1) is 6.04 Å². The lowest BCUT2D eigenvalue weighted by atomic mass is 10.1. The number of hydrogen-bond acceptors (Lipinski definition) is 3. The van der Waals surface area contributed by atoms with E-state index in [1.807, 2.05) is 0 Å². The lowest BCUT2D eigenvalue weighted by Gasteiger charge is -2.15. The number of aliphatic carboxylic acids is 1. The highest BCUT2D eigenvalue weighted by Crippen LogP contribution is 1.99. The third-order valence-electron chi connectivity index (χ3n) is 1.39. The monoisotopic (exact) mass is 158 g/mol. The first kappa shape index (κ1) is 10.1. The highest BCUT2D eigenvalue weighted by molar-refractivity contribution is 5.68. The summed E-state index contributed by atoms with van der Waals surface area (Å²) in [4.78, 5) is 21.9. The van der Waals surface area contributed by atoms with Gasteiger partial charge in [-0.1, -0.05) is 0 Å². The van der Waals surface area contributed by atoms with Crippen molar-refractivity contribution < 1.29 is 14.7 Å². The number of carbonyl (C=O) groups is 1. The number of hydrogen-bond donors (Lipinski definition) is 1. The van der Waals surface area contributed by atoms with E-state index in [9.17, 15) is 9.59 Å². The normalized spacial score (nSPS) is 13.0. The fraction of sp³-hybridized carbons (Fsp3) is 0.714. The van der Waals surface area contributed by atoms with Crippen molar-refractivity contribution in [1.29, 1.82) is 0 Å². The van der Waals surface area contributed by atoms with Gasteiger partial charge in [0.1, 0.15) is 0 Å². The molecule has 0 spiro atoms. The van der Waals surface area contributed by atoms with E-state index in [4.69, 9.17) is 5.11 Å². The van der Waals surface area contributed by atoms with E-state index in [0.717, 1.165) is 0 Å². The smallest absolute Gasteiger partial charge is 0.303 e. The molecule has 1 radical (unpaired) electrons. The summed E-state index contributed by atoms with van der Waals surface area (Å²) in [6.45, 7) is 0. The largest absolute Gasteiger partial charge is 0.481 e. The summed E-state index contributed by atoms with van der Waals surface area (Å²) in [5, 5.41) is 8.29. The van der Waals surface area contributed by atoms with Gasteiger partial charge in [0.2, 0.25) is 6.29 Å². The van der Waals surface area contributed by atoms with Crippen molar-refractivity contribution >= 4 is 12.3 Å². The molecule has 0 aromatic rings. The molecule has 0 aliphatic carbocycles. The van der Waals surface area contributed by atoms with Crippen molar-refractivity contribution in [3.05, 3.63) is 0 Å². The van der Waals surface area contributed by atoms with Gasteiger partial charge in [-0.2, -0.15) is 0 Å². The van der Waals surface area contributed by atoms with Gasteiger partial charge in [-0.3, -0.25) is 14.5 Å². The molecule has 4 heteroatoms. The lowest BCUT2D eigenvalue weighted by molar-refractivity contribution is -0.137. The minimum absolute atomic E-state index is 0.0120. The molecule has 0 amide bonds. The molecular formula is C7H12NO3. The second kappa shape index (κ2) is 4.85. The Morgan fingerprint density at radius 2 is 2.18 bits per heavy atom. The first-order valence-corrected chi connectivity index (χ1v) is 3.33. The van der Waals surface area contributed by atoms with E-state index in [0.29, 0.717) is 6.42 Å². The minimum atomic E-state index is -0.882. The Kier molecular flexibility index (Phi) is 4.45. The molecule has 11 heavy (non-hydrogen) atoms. The van der Waals surface area contributed by atoms with Crippen molar-refractivity contribution in [2.75, 3.05) is 14.1 Å². The molecule has 0 bridgehead atoms. The highest BCUT2D eigenvalue weighted by Gasteiger charge is 2.12. The van der Waals surface area contributed by atoms with Crippen LogP contribution in [0.2, 0.25) is 0 Å². The Morgan fingerprint density at radius 3 is 2.45 bits per heavy atom. The first-order valence-electron chi connectivity index (χ1n) is 3.33. The maximum absolute atomic E-state index is 10.2. The van der Waals surface area contributed by atoms with E-state index in [1.165, 1.54) is 0 Å². The SMILES string of the molecule is CN(C)[C@H]([C]=O)CCC(=O)O. The van der Waals surface area contributed by atoms with Crippen LogP contribution in [0.1, 0.15) is 12.8 Å². The van der Waals surface area contributed by atoms with Crippen LogP contribution >= 0.6 is 0 Å². The predicted molar refractivity (Wildman–Crippen MR) is 40.0 cm³/mol. The van der Waals surface area contributed by atoms with Crippen LogP contribution in [-0.4, -0.2) is 42.4 Å². The topological polar surface area (TPSA) is 57.6 Å². The van der Waals surface area contributed by atoms with E-state index in [2.05, 4.69) is 0 Å². The third kappa shape index (κ3) is 4.50. The maximum atomic E-state index is 10.2. The predicted octanol–water partition coefficient (Wildman–Crippen LogP) is -0.109. The summed E-state index contributed by atoms with van der Waals surface area (Å²) in [5.74, 6) is -0.882. The van der Waals surface area contributed by atoms with Crippen molar-refractivity contribution in [3.8, 4) is 0 Å². The highest BCUT2D eigenvalue weighted by atomic mass is 16.4. The zero-order valence-corrected chi connectivity index (χ0v) is 6.70. The number of carbonyl (C=O) groups excluding carboxylic acids is 1. The van der Waals surface area contributed by atoms with Gasteiger partial charge < -0.3 is 5.11 Å². The molecule has 0 unspecified atom stereocenters. The number of carboxylic acids is 1. The van der Waals surface area contributed by atoms with Gasteiger partial charge in [-0.05, 0) is 20.5 Å². The van der Waals surface area contributed by atoms with Gasteiger partial charge >= 0.3 is 5.97 Å². The Bertz CT molecular complexity index is 145. The van der Waals surface area contributed by atoms with Gasteiger partial charge in [0, 0.05) is 6.42 Å². The Labute approximate surface area is 65.8 Å². The average molecular weight is 158 g/mol. The summed E-state index contributed by atoms with van der Waals surface area (Å²) in [6.07, 6.45) is 2.11. The average Bonchev–Trinajstić information content (AvgIpc) is 1.87. The molecular weight excluding hydrogens is 146 g/mol. The van der Waals surface area contributed by atoms with Crippen LogP contribution in [0, 0.1) is 0 Å². The van der Waals surface area contributed by atoms with Gasteiger partial charge in [-0.25, -0.2) is 0 Å². The summed E-state index contributed by atoms with van der Waals surface area (Å²) < 4.78 is 0. The van der Waals surface area contributed by atoms with Crippen LogP contribution in [0.4, 0.5) is 0 Å². The summed E-state index contributed by atoms with van der Waals surface area (Å²) >= 11 is 0. The molecule has 0 rings (SSSR count). The van der Waals surface area contributed by atoms with Crippen molar-refractivity contribution in [2.45, 2.75) is 18.9 Å². The van der Waals surface area contributed by atoms with Gasteiger partial charge in [-0.15, -0.1) is 0 Å². The molecule has 4 nitrogen and oxygen atoms in total. The van der Waals surface area contributed by atoms with Gasteiger partial charge in [0.15, 0.2) is 0 Å². The first-order chi connectivity index (χ1) is 5.07. The molecule has 1 atom stereocenters. The molecule has 0 aromatic carbocycles. The van der Waals surface area contributed by atoms with E-state index in [-0.39, 0.29) is 6.42 Å². The fourth-order valence-corrected chi connectivity index (χ4v) is 0.683. The minimum Gasteiger partial charge on any atom is -0.481 e. The molecule has 0 saturated heterocycles. The van der Waals surface area contributed by atoms with Crippen molar-refractivity contribution in [1.82, 2.24) is 4.90 Å². The molecule has 1 N–H and O–H groups in total. The zero-order valence-electron chi connectivity index (χ0n) is 6.70. The molecule has 0 fully saturated rings. The Morgan fingerprint density at radius 1 is 1.64 bits per heavy atom. The molecule has 0 aliphatic rings. The van der Waals surface area contributed by atoms with E-state index < -0.39 is 12.0 Å².